The average Bonchev–Trinajstić information content (AvgIpc) is 3.14. The van der Waals surface area contributed by atoms with Crippen LogP contribution in [0, 0.1) is 19.8 Å². The topological polar surface area (TPSA) is 95.3 Å². The van der Waals surface area contributed by atoms with E-state index < -0.39 is 15.8 Å². The van der Waals surface area contributed by atoms with E-state index in [0.29, 0.717) is 33.7 Å². The van der Waals surface area contributed by atoms with Crippen molar-refractivity contribution in [1.29, 1.82) is 0 Å². The summed E-state index contributed by atoms with van der Waals surface area (Å²) in [5.41, 5.74) is 2.51. The zero-order chi connectivity index (χ0) is 21.7. The van der Waals surface area contributed by atoms with E-state index in [2.05, 4.69) is 5.10 Å². The fraction of sp³-hybridized carbons (Fsp3) is 0.476. The largest absolute Gasteiger partial charge is 0.407 e. The van der Waals surface area contributed by atoms with E-state index in [4.69, 9.17) is 4.74 Å². The van der Waals surface area contributed by atoms with Gasteiger partial charge in [-0.25, -0.2) is 13.1 Å². The van der Waals surface area contributed by atoms with Crippen molar-refractivity contribution < 1.29 is 22.7 Å². The third-order valence-corrected chi connectivity index (χ3v) is 7.40. The van der Waals surface area contributed by atoms with E-state index in [0.717, 1.165) is 0 Å². The maximum Gasteiger partial charge on any atom is 0.315 e. The average molecular weight is 419 g/mol. The van der Waals surface area contributed by atoms with Gasteiger partial charge >= 0.3 is 5.97 Å². The summed E-state index contributed by atoms with van der Waals surface area (Å²) in [4.78, 5) is 25.9. The zero-order valence-corrected chi connectivity index (χ0v) is 18.4. The molecule has 0 saturated heterocycles. The third-order valence-electron chi connectivity index (χ3n) is 5.29. The summed E-state index contributed by atoms with van der Waals surface area (Å²) in [6, 6.07) is 1.61. The number of carbonyl (C=O) groups excluding carboxylic acids is 2. The van der Waals surface area contributed by atoms with E-state index in [1.807, 2.05) is 13.8 Å². The van der Waals surface area contributed by atoms with Gasteiger partial charge in [0.25, 0.3) is 0 Å². The molecule has 29 heavy (non-hydrogen) atoms. The number of benzene rings is 1. The first-order chi connectivity index (χ1) is 13.5. The standard InChI is InChI=1S/C21H26N2O5S/c1-7-23-20(28-21(25)11(2)3)16(9-22-23)18(24)15-8-12(4)19-17(14(15)6)13(5)10-29(19,26)27/h8-9,11,13H,7,10H2,1-6H3. The molecule has 0 spiro atoms. The van der Waals surface area contributed by atoms with Gasteiger partial charge in [-0.2, -0.15) is 5.10 Å². The van der Waals surface area contributed by atoms with Crippen molar-refractivity contribution in [3.63, 3.8) is 0 Å². The molecule has 0 radical (unpaired) electrons. The monoisotopic (exact) mass is 418 g/mol. The molecule has 1 atom stereocenters. The lowest BCUT2D eigenvalue weighted by Gasteiger charge is -2.15. The highest BCUT2D eigenvalue weighted by Gasteiger charge is 2.37. The van der Waals surface area contributed by atoms with Crippen LogP contribution in [0.1, 0.15) is 66.2 Å². The lowest BCUT2D eigenvalue weighted by molar-refractivity contribution is -0.138. The first kappa shape index (κ1) is 21.2. The molecule has 0 fully saturated rings. The van der Waals surface area contributed by atoms with Gasteiger partial charge in [-0.1, -0.05) is 20.8 Å². The summed E-state index contributed by atoms with van der Waals surface area (Å²) < 4.78 is 32.0. The Labute approximate surface area is 171 Å². The maximum absolute atomic E-state index is 13.4. The first-order valence-electron chi connectivity index (χ1n) is 9.68. The molecule has 1 aromatic heterocycles. The number of hydrogen-bond acceptors (Lipinski definition) is 6. The highest BCUT2D eigenvalue weighted by molar-refractivity contribution is 7.91. The second-order valence-electron chi connectivity index (χ2n) is 7.88. The van der Waals surface area contributed by atoms with E-state index in [-0.39, 0.29) is 34.8 Å². The summed E-state index contributed by atoms with van der Waals surface area (Å²) >= 11 is 0. The lowest BCUT2D eigenvalue weighted by Crippen LogP contribution is -2.19. The van der Waals surface area contributed by atoms with Crippen LogP contribution in [0.5, 0.6) is 5.88 Å². The third kappa shape index (κ3) is 3.50. The number of fused-ring (bicyclic) bond motifs is 1. The molecule has 1 unspecified atom stereocenters. The quantitative estimate of drug-likeness (QED) is 0.547. The van der Waals surface area contributed by atoms with Crippen LogP contribution in [0.3, 0.4) is 0 Å². The number of carbonyl (C=O) groups is 2. The summed E-state index contributed by atoms with van der Waals surface area (Å²) in [5.74, 6) is -1.15. The molecule has 1 aromatic carbocycles. The van der Waals surface area contributed by atoms with Gasteiger partial charge < -0.3 is 4.74 Å². The van der Waals surface area contributed by atoms with Crippen LogP contribution in [-0.4, -0.2) is 35.7 Å². The van der Waals surface area contributed by atoms with Crippen LogP contribution in [0.15, 0.2) is 17.2 Å². The summed E-state index contributed by atoms with van der Waals surface area (Å²) in [6.07, 6.45) is 1.40. The van der Waals surface area contributed by atoms with Gasteiger partial charge in [0.1, 0.15) is 5.56 Å². The van der Waals surface area contributed by atoms with Gasteiger partial charge in [0.05, 0.1) is 22.8 Å². The normalized spacial score (nSPS) is 17.4. The highest BCUT2D eigenvalue weighted by Crippen LogP contribution is 2.41. The molecule has 8 heteroatoms. The minimum absolute atomic E-state index is 0.0483. The van der Waals surface area contributed by atoms with Crippen molar-refractivity contribution in [3.05, 3.63) is 40.1 Å². The number of aromatic nitrogens is 2. The first-order valence-corrected chi connectivity index (χ1v) is 11.3. The van der Waals surface area contributed by atoms with E-state index in [1.165, 1.54) is 10.9 Å². The molecule has 2 heterocycles. The molecule has 0 saturated carbocycles. The second kappa shape index (κ2) is 7.40. The van der Waals surface area contributed by atoms with Crippen molar-refractivity contribution in [2.75, 3.05) is 5.75 Å². The van der Waals surface area contributed by atoms with Crippen molar-refractivity contribution in [1.82, 2.24) is 9.78 Å². The Bertz CT molecular complexity index is 1110. The Morgan fingerprint density at radius 1 is 1.28 bits per heavy atom. The van der Waals surface area contributed by atoms with Crippen LogP contribution in [0.25, 0.3) is 0 Å². The zero-order valence-electron chi connectivity index (χ0n) is 17.6. The predicted octanol–water partition coefficient (Wildman–Crippen LogP) is 3.20. The lowest BCUT2D eigenvalue weighted by atomic mass is 9.89. The number of hydrogen-bond donors (Lipinski definition) is 0. The number of sulfone groups is 1. The van der Waals surface area contributed by atoms with Gasteiger partial charge in [0.15, 0.2) is 15.6 Å². The molecule has 7 nitrogen and oxygen atoms in total. The Balaban J connectivity index is 2.14. The minimum atomic E-state index is -3.35. The minimum Gasteiger partial charge on any atom is -0.407 e. The molecule has 1 aliphatic rings. The number of ketones is 1. The molecule has 3 rings (SSSR count). The van der Waals surface area contributed by atoms with E-state index >= 15 is 0 Å². The fourth-order valence-corrected chi connectivity index (χ4v) is 6.11. The van der Waals surface area contributed by atoms with E-state index in [1.54, 1.807) is 33.8 Å². The van der Waals surface area contributed by atoms with Gasteiger partial charge in [-0.15, -0.1) is 0 Å². The van der Waals surface area contributed by atoms with Gasteiger partial charge in [-0.05, 0) is 49.4 Å². The maximum atomic E-state index is 13.4. The summed E-state index contributed by atoms with van der Waals surface area (Å²) in [5, 5.41) is 4.18. The Morgan fingerprint density at radius 2 is 1.93 bits per heavy atom. The summed E-state index contributed by atoms with van der Waals surface area (Å²) in [7, 11) is -3.35. The number of esters is 1. The van der Waals surface area contributed by atoms with Gasteiger partial charge in [0.2, 0.25) is 5.88 Å². The number of rotatable bonds is 5. The Hall–Kier alpha value is -2.48. The molecule has 0 N–H and O–H groups in total. The molecule has 156 valence electrons. The smallest absolute Gasteiger partial charge is 0.315 e. The summed E-state index contributed by atoms with van der Waals surface area (Å²) in [6.45, 7) is 11.0. The molecule has 2 aromatic rings. The Kier molecular flexibility index (Phi) is 5.42. The van der Waals surface area contributed by atoms with Crippen molar-refractivity contribution in [2.24, 2.45) is 5.92 Å². The van der Waals surface area contributed by atoms with Gasteiger partial charge in [0, 0.05) is 12.1 Å². The molecule has 0 aliphatic carbocycles. The molecular formula is C21H26N2O5S. The van der Waals surface area contributed by atoms with Crippen LogP contribution >= 0.6 is 0 Å². The number of ether oxygens (including phenoxy) is 1. The van der Waals surface area contributed by atoms with Crippen molar-refractivity contribution in [3.8, 4) is 5.88 Å². The molecule has 0 amide bonds. The van der Waals surface area contributed by atoms with Crippen molar-refractivity contribution in [2.45, 2.75) is 58.9 Å². The predicted molar refractivity (Wildman–Crippen MR) is 108 cm³/mol. The van der Waals surface area contributed by atoms with Crippen LogP contribution in [-0.2, 0) is 21.2 Å². The number of aryl methyl sites for hydroxylation is 2. The van der Waals surface area contributed by atoms with Crippen LogP contribution in [0.2, 0.25) is 0 Å². The van der Waals surface area contributed by atoms with Crippen LogP contribution in [0.4, 0.5) is 0 Å². The Morgan fingerprint density at radius 3 is 2.52 bits per heavy atom. The SMILES string of the molecule is CCn1ncc(C(=O)c2cc(C)c3c(c2C)C(C)CS3(=O)=O)c1OC(=O)C(C)C. The second-order valence-corrected chi connectivity index (χ2v) is 9.85. The molecule has 1 aliphatic heterocycles. The van der Waals surface area contributed by atoms with Crippen molar-refractivity contribution >= 4 is 21.6 Å². The fourth-order valence-electron chi connectivity index (χ4n) is 3.88. The van der Waals surface area contributed by atoms with Gasteiger partial charge in [-0.3, -0.25) is 9.59 Å². The number of nitrogens with zero attached hydrogens (tertiary/aromatic N) is 2. The molecular weight excluding hydrogens is 392 g/mol. The van der Waals surface area contributed by atoms with E-state index in [9.17, 15) is 18.0 Å². The highest BCUT2D eigenvalue weighted by atomic mass is 32.2. The van der Waals surface area contributed by atoms with Crippen LogP contribution < -0.4 is 4.74 Å². The molecule has 0 bridgehead atoms.